The molecular weight excluding hydrogens is 300 g/mol. The first kappa shape index (κ1) is 14.6. The highest BCUT2D eigenvalue weighted by atomic mass is 16.5. The van der Waals surface area contributed by atoms with E-state index in [4.69, 9.17) is 14.5 Å². The van der Waals surface area contributed by atoms with Crippen LogP contribution >= 0.6 is 0 Å². The maximum absolute atomic E-state index is 5.50. The first-order chi connectivity index (χ1) is 11.7. The van der Waals surface area contributed by atoms with Gasteiger partial charge in [0.25, 0.3) is 0 Å². The maximum Gasteiger partial charge on any atom is 0.144 e. The zero-order valence-electron chi connectivity index (χ0n) is 13.9. The van der Waals surface area contributed by atoms with Crippen molar-refractivity contribution in [1.29, 1.82) is 0 Å². The largest absolute Gasteiger partial charge is 0.497 e. The van der Waals surface area contributed by atoms with Gasteiger partial charge in [0.05, 0.1) is 30.8 Å². The van der Waals surface area contributed by atoms with Crippen LogP contribution in [0.5, 0.6) is 11.5 Å². The van der Waals surface area contributed by atoms with Crippen LogP contribution < -0.4 is 9.47 Å². The highest BCUT2D eigenvalue weighted by molar-refractivity contribution is 6.05. The number of para-hydroxylation sites is 1. The summed E-state index contributed by atoms with van der Waals surface area (Å²) in [6.07, 6.45) is 0. The molecule has 4 rings (SSSR count). The Morgan fingerprint density at radius 3 is 2.54 bits per heavy atom. The molecule has 4 aromatic rings. The maximum atomic E-state index is 5.50. The van der Waals surface area contributed by atoms with Gasteiger partial charge in [-0.15, -0.1) is 0 Å². The summed E-state index contributed by atoms with van der Waals surface area (Å²) in [5.41, 5.74) is 3.06. The molecule has 0 bridgehead atoms. The third kappa shape index (κ3) is 2.11. The molecule has 3 aromatic carbocycles. The quantitative estimate of drug-likeness (QED) is 0.561. The average molecular weight is 318 g/mol. The SMILES string of the molecule is COc1ccc2c(ccc3c2nc(-c2ccccc2OC)n3C)c1. The van der Waals surface area contributed by atoms with Gasteiger partial charge in [-0.25, -0.2) is 4.98 Å². The summed E-state index contributed by atoms with van der Waals surface area (Å²) >= 11 is 0. The van der Waals surface area contributed by atoms with Gasteiger partial charge in [-0.2, -0.15) is 0 Å². The van der Waals surface area contributed by atoms with Gasteiger partial charge in [-0.05, 0) is 41.8 Å². The topological polar surface area (TPSA) is 36.3 Å². The lowest BCUT2D eigenvalue weighted by Gasteiger charge is -2.07. The van der Waals surface area contributed by atoms with Crippen LogP contribution in [0.25, 0.3) is 33.2 Å². The van der Waals surface area contributed by atoms with Crippen molar-refractivity contribution >= 4 is 21.8 Å². The van der Waals surface area contributed by atoms with E-state index in [0.29, 0.717) is 0 Å². The summed E-state index contributed by atoms with van der Waals surface area (Å²) in [5, 5.41) is 2.23. The number of ether oxygens (including phenoxy) is 2. The van der Waals surface area contributed by atoms with E-state index in [2.05, 4.69) is 22.8 Å². The second-order valence-corrected chi connectivity index (χ2v) is 5.72. The van der Waals surface area contributed by atoms with Gasteiger partial charge in [-0.3, -0.25) is 0 Å². The fraction of sp³-hybridized carbons (Fsp3) is 0.150. The van der Waals surface area contributed by atoms with Crippen LogP contribution in [0.3, 0.4) is 0 Å². The van der Waals surface area contributed by atoms with Crippen LogP contribution in [0.2, 0.25) is 0 Å². The van der Waals surface area contributed by atoms with Gasteiger partial charge in [0, 0.05) is 12.4 Å². The molecule has 0 spiro atoms. The number of hydrogen-bond acceptors (Lipinski definition) is 3. The Balaban J connectivity index is 2.02. The molecule has 0 fully saturated rings. The van der Waals surface area contributed by atoms with Crippen LogP contribution in [0.1, 0.15) is 0 Å². The van der Waals surface area contributed by atoms with Crippen molar-refractivity contribution in [2.45, 2.75) is 0 Å². The minimum atomic E-state index is 0.821. The molecule has 0 saturated heterocycles. The Morgan fingerprint density at radius 1 is 0.917 bits per heavy atom. The Labute approximate surface area is 140 Å². The summed E-state index contributed by atoms with van der Waals surface area (Å²) in [6.45, 7) is 0. The number of imidazole rings is 1. The number of benzene rings is 3. The molecular formula is C20H18N2O2. The first-order valence-electron chi connectivity index (χ1n) is 7.79. The molecule has 0 atom stereocenters. The second kappa shape index (κ2) is 5.57. The lowest BCUT2D eigenvalue weighted by Crippen LogP contribution is -1.95. The van der Waals surface area contributed by atoms with Crippen molar-refractivity contribution in [2.24, 2.45) is 7.05 Å². The van der Waals surface area contributed by atoms with E-state index in [1.54, 1.807) is 14.2 Å². The van der Waals surface area contributed by atoms with Gasteiger partial charge in [0.15, 0.2) is 0 Å². The normalized spacial score (nSPS) is 11.1. The molecule has 0 N–H and O–H groups in total. The molecule has 1 heterocycles. The summed E-state index contributed by atoms with van der Waals surface area (Å²) in [4.78, 5) is 4.92. The standard InChI is InChI=1S/C20H18N2O2/c1-22-17-11-8-13-12-14(23-2)9-10-15(13)19(17)21-20(22)16-6-4-5-7-18(16)24-3/h4-12H,1-3H3. The molecule has 0 aliphatic rings. The third-order valence-electron chi connectivity index (χ3n) is 4.42. The number of rotatable bonds is 3. The van der Waals surface area contributed by atoms with Crippen molar-refractivity contribution in [3.05, 3.63) is 54.6 Å². The summed E-state index contributed by atoms with van der Waals surface area (Å²) < 4.78 is 12.9. The van der Waals surface area contributed by atoms with Crippen LogP contribution in [0, 0.1) is 0 Å². The lowest BCUT2D eigenvalue weighted by molar-refractivity contribution is 0.415. The van der Waals surface area contributed by atoms with E-state index >= 15 is 0 Å². The highest BCUT2D eigenvalue weighted by Gasteiger charge is 2.15. The van der Waals surface area contributed by atoms with Gasteiger partial charge < -0.3 is 14.0 Å². The predicted octanol–water partition coefficient (Wildman–Crippen LogP) is 4.41. The van der Waals surface area contributed by atoms with Crippen LogP contribution in [-0.2, 0) is 7.05 Å². The minimum absolute atomic E-state index is 0.821. The molecule has 1 aromatic heterocycles. The predicted molar refractivity (Wildman–Crippen MR) is 96.8 cm³/mol. The van der Waals surface area contributed by atoms with Crippen LogP contribution in [0.15, 0.2) is 54.6 Å². The minimum Gasteiger partial charge on any atom is -0.497 e. The Kier molecular flexibility index (Phi) is 3.38. The number of aromatic nitrogens is 2. The summed E-state index contributed by atoms with van der Waals surface area (Å²) in [5.74, 6) is 2.57. The average Bonchev–Trinajstić information content (AvgIpc) is 2.98. The van der Waals surface area contributed by atoms with E-state index in [0.717, 1.165) is 44.7 Å². The fourth-order valence-electron chi connectivity index (χ4n) is 3.16. The number of nitrogens with zero attached hydrogens (tertiary/aromatic N) is 2. The summed E-state index contributed by atoms with van der Waals surface area (Å²) in [7, 11) is 5.40. The zero-order chi connectivity index (χ0) is 16.7. The molecule has 0 aliphatic heterocycles. The van der Waals surface area contributed by atoms with Crippen LogP contribution in [0.4, 0.5) is 0 Å². The molecule has 0 saturated carbocycles. The van der Waals surface area contributed by atoms with Crippen molar-refractivity contribution in [2.75, 3.05) is 14.2 Å². The smallest absolute Gasteiger partial charge is 0.144 e. The summed E-state index contributed by atoms with van der Waals surface area (Å²) in [6, 6.07) is 18.2. The Hall–Kier alpha value is -3.01. The molecule has 0 aliphatic carbocycles. The molecule has 4 heteroatoms. The Bertz CT molecular complexity index is 1050. The zero-order valence-corrected chi connectivity index (χ0v) is 13.9. The third-order valence-corrected chi connectivity index (χ3v) is 4.42. The van der Waals surface area contributed by atoms with Crippen molar-refractivity contribution in [3.63, 3.8) is 0 Å². The molecule has 0 amide bonds. The van der Waals surface area contributed by atoms with E-state index in [-0.39, 0.29) is 0 Å². The van der Waals surface area contributed by atoms with E-state index in [9.17, 15) is 0 Å². The van der Waals surface area contributed by atoms with Crippen molar-refractivity contribution in [1.82, 2.24) is 9.55 Å². The monoisotopic (exact) mass is 318 g/mol. The van der Waals surface area contributed by atoms with Crippen molar-refractivity contribution in [3.8, 4) is 22.9 Å². The second-order valence-electron chi connectivity index (χ2n) is 5.72. The van der Waals surface area contributed by atoms with Crippen molar-refractivity contribution < 1.29 is 9.47 Å². The van der Waals surface area contributed by atoms with Gasteiger partial charge in [0.2, 0.25) is 0 Å². The highest BCUT2D eigenvalue weighted by Crippen LogP contribution is 2.34. The van der Waals surface area contributed by atoms with E-state index < -0.39 is 0 Å². The number of methoxy groups -OCH3 is 2. The molecule has 24 heavy (non-hydrogen) atoms. The van der Waals surface area contributed by atoms with Gasteiger partial charge in [0.1, 0.15) is 17.3 Å². The number of hydrogen-bond donors (Lipinski definition) is 0. The van der Waals surface area contributed by atoms with E-state index in [1.165, 1.54) is 0 Å². The number of aryl methyl sites for hydroxylation is 1. The van der Waals surface area contributed by atoms with Crippen LogP contribution in [-0.4, -0.2) is 23.8 Å². The molecule has 4 nitrogen and oxygen atoms in total. The lowest BCUT2D eigenvalue weighted by atomic mass is 10.1. The van der Waals surface area contributed by atoms with E-state index in [1.807, 2.05) is 43.4 Å². The molecule has 0 radical (unpaired) electrons. The molecule has 120 valence electrons. The molecule has 0 unspecified atom stereocenters. The number of fused-ring (bicyclic) bond motifs is 3. The Morgan fingerprint density at radius 2 is 1.75 bits per heavy atom. The first-order valence-corrected chi connectivity index (χ1v) is 7.79. The van der Waals surface area contributed by atoms with Gasteiger partial charge in [-0.1, -0.05) is 18.2 Å². The fourth-order valence-corrected chi connectivity index (χ4v) is 3.16. The van der Waals surface area contributed by atoms with Gasteiger partial charge >= 0.3 is 0 Å².